The van der Waals surface area contributed by atoms with E-state index in [1.807, 2.05) is 25.1 Å². The van der Waals surface area contributed by atoms with E-state index < -0.39 is 6.16 Å². The number of rotatable bonds is 10. The second kappa shape index (κ2) is 13.4. The summed E-state index contributed by atoms with van der Waals surface area (Å²) in [5, 5.41) is 3.09. The maximum Gasteiger partial charge on any atom is 0.513 e. The van der Waals surface area contributed by atoms with Crippen LogP contribution < -0.4 is 19.5 Å². The van der Waals surface area contributed by atoms with Crippen molar-refractivity contribution in [1.29, 1.82) is 0 Å². The first-order valence-electron chi connectivity index (χ1n) is 12.3. The summed E-state index contributed by atoms with van der Waals surface area (Å²) in [6, 6.07) is 12.1. The van der Waals surface area contributed by atoms with E-state index in [2.05, 4.69) is 5.32 Å². The zero-order valence-corrected chi connectivity index (χ0v) is 21.1. The van der Waals surface area contributed by atoms with E-state index >= 15 is 0 Å². The lowest BCUT2D eigenvalue weighted by atomic mass is 10.0. The van der Waals surface area contributed by atoms with Crippen molar-refractivity contribution < 1.29 is 33.3 Å². The summed E-state index contributed by atoms with van der Waals surface area (Å²) < 4.78 is 20.7. The van der Waals surface area contributed by atoms with Crippen LogP contribution in [0, 0.1) is 0 Å². The number of aryl methyl sites for hydroxylation is 1. The van der Waals surface area contributed by atoms with Crippen LogP contribution in [0.5, 0.6) is 17.2 Å². The molecule has 0 spiro atoms. The molecular weight excluding hydrogens is 464 g/mol. The Hall–Kier alpha value is -3.75. The summed E-state index contributed by atoms with van der Waals surface area (Å²) in [5.41, 5.74) is 1.52. The molecule has 0 radical (unpaired) electrons. The number of nitrogens with one attached hydrogen (secondary N) is 1. The number of likely N-dealkylation sites (tertiary alicyclic amines) is 1. The van der Waals surface area contributed by atoms with E-state index in [-0.39, 0.29) is 24.5 Å². The number of piperidine rings is 1. The Balaban J connectivity index is 1.42. The largest absolute Gasteiger partial charge is 0.513 e. The number of hydrogen-bond acceptors (Lipinski definition) is 7. The number of methoxy groups -OCH3 is 1. The summed E-state index contributed by atoms with van der Waals surface area (Å²) in [4.78, 5) is 38.5. The lowest BCUT2D eigenvalue weighted by molar-refractivity contribution is -0.122. The fourth-order valence-electron chi connectivity index (χ4n) is 4.02. The SMILES string of the molecule is CCOC(=O)Oc1ccc(C(=O)N2CCC(NC(=O)CCc3ccc(OCC)c(OC)c3)CC2)cc1. The zero-order chi connectivity index (χ0) is 25.9. The third-order valence-electron chi connectivity index (χ3n) is 5.88. The Bertz CT molecular complexity index is 1030. The molecule has 0 bridgehead atoms. The number of benzene rings is 2. The number of carbonyl (C=O) groups is 3. The van der Waals surface area contributed by atoms with Crippen molar-refractivity contribution in [1.82, 2.24) is 10.2 Å². The molecule has 2 aromatic rings. The van der Waals surface area contributed by atoms with Gasteiger partial charge in [-0.2, -0.15) is 0 Å². The molecule has 0 unspecified atom stereocenters. The molecular formula is C27H34N2O7. The van der Waals surface area contributed by atoms with Gasteiger partial charge in [0.05, 0.1) is 20.3 Å². The Labute approximate surface area is 211 Å². The Morgan fingerprint density at radius 2 is 1.69 bits per heavy atom. The molecule has 9 heteroatoms. The molecule has 0 aliphatic carbocycles. The molecule has 1 aliphatic heterocycles. The Morgan fingerprint density at radius 1 is 0.972 bits per heavy atom. The fourth-order valence-corrected chi connectivity index (χ4v) is 4.02. The predicted octanol–water partition coefficient (Wildman–Crippen LogP) is 3.98. The highest BCUT2D eigenvalue weighted by molar-refractivity contribution is 5.94. The topological polar surface area (TPSA) is 103 Å². The smallest absolute Gasteiger partial charge is 0.493 e. The van der Waals surface area contributed by atoms with E-state index in [0.29, 0.717) is 68.2 Å². The maximum absolute atomic E-state index is 12.8. The summed E-state index contributed by atoms with van der Waals surface area (Å²) in [5.74, 6) is 1.57. The molecule has 0 atom stereocenters. The van der Waals surface area contributed by atoms with E-state index in [0.717, 1.165) is 5.56 Å². The molecule has 1 aliphatic rings. The maximum atomic E-state index is 12.8. The quantitative estimate of drug-likeness (QED) is 0.390. The molecule has 3 rings (SSSR count). The van der Waals surface area contributed by atoms with E-state index in [9.17, 15) is 14.4 Å². The van der Waals surface area contributed by atoms with Crippen molar-refractivity contribution in [3.63, 3.8) is 0 Å². The summed E-state index contributed by atoms with van der Waals surface area (Å²) in [6.07, 6.45) is 1.58. The monoisotopic (exact) mass is 498 g/mol. The van der Waals surface area contributed by atoms with Gasteiger partial charge in [0.15, 0.2) is 11.5 Å². The zero-order valence-electron chi connectivity index (χ0n) is 21.1. The minimum atomic E-state index is -0.778. The predicted molar refractivity (Wildman–Crippen MR) is 134 cm³/mol. The average molecular weight is 499 g/mol. The van der Waals surface area contributed by atoms with Crippen molar-refractivity contribution in [2.45, 2.75) is 45.6 Å². The molecule has 36 heavy (non-hydrogen) atoms. The van der Waals surface area contributed by atoms with Gasteiger partial charge < -0.3 is 29.2 Å². The molecule has 194 valence electrons. The first-order chi connectivity index (χ1) is 17.4. The van der Waals surface area contributed by atoms with Crippen molar-refractivity contribution in [3.05, 3.63) is 53.6 Å². The Morgan fingerprint density at radius 3 is 2.33 bits per heavy atom. The van der Waals surface area contributed by atoms with Crippen LogP contribution in [0.15, 0.2) is 42.5 Å². The molecule has 0 saturated carbocycles. The van der Waals surface area contributed by atoms with Crippen molar-refractivity contribution >= 4 is 18.0 Å². The lowest BCUT2D eigenvalue weighted by Gasteiger charge is -2.32. The van der Waals surface area contributed by atoms with Crippen LogP contribution >= 0.6 is 0 Å². The number of nitrogens with zero attached hydrogens (tertiary/aromatic N) is 1. The third kappa shape index (κ3) is 7.63. The summed E-state index contributed by atoms with van der Waals surface area (Å²) >= 11 is 0. The number of ether oxygens (including phenoxy) is 4. The Kier molecular flexibility index (Phi) is 9.97. The average Bonchev–Trinajstić information content (AvgIpc) is 2.89. The molecule has 2 amide bonds. The van der Waals surface area contributed by atoms with Gasteiger partial charge in [-0.25, -0.2) is 4.79 Å². The highest BCUT2D eigenvalue weighted by Gasteiger charge is 2.24. The standard InChI is InChI=1S/C27H34N2O7/c1-4-34-23-12-6-19(18-24(23)33-3)7-13-25(30)28-21-14-16-29(17-15-21)26(31)20-8-10-22(11-9-20)36-27(32)35-5-2/h6,8-12,18,21H,4-5,7,13-17H2,1-3H3,(H,28,30). The number of carbonyl (C=O) groups excluding carboxylic acids is 3. The van der Waals surface area contributed by atoms with Crippen LogP contribution in [0.1, 0.15) is 49.0 Å². The molecule has 1 fully saturated rings. The van der Waals surface area contributed by atoms with Crippen LogP contribution in [0.2, 0.25) is 0 Å². The highest BCUT2D eigenvalue weighted by atomic mass is 16.7. The second-order valence-electron chi connectivity index (χ2n) is 8.36. The van der Waals surface area contributed by atoms with E-state index in [1.54, 1.807) is 43.2 Å². The molecule has 1 heterocycles. The highest BCUT2D eigenvalue weighted by Crippen LogP contribution is 2.28. The normalized spacial score (nSPS) is 13.6. The van der Waals surface area contributed by atoms with Crippen molar-refractivity contribution in [2.24, 2.45) is 0 Å². The summed E-state index contributed by atoms with van der Waals surface area (Å²) in [7, 11) is 1.60. The van der Waals surface area contributed by atoms with Gasteiger partial charge >= 0.3 is 6.16 Å². The van der Waals surface area contributed by atoms with Crippen LogP contribution in [-0.2, 0) is 16.0 Å². The van der Waals surface area contributed by atoms with E-state index in [1.165, 1.54) is 0 Å². The van der Waals surface area contributed by atoms with Crippen LogP contribution in [0.4, 0.5) is 4.79 Å². The first-order valence-corrected chi connectivity index (χ1v) is 12.3. The van der Waals surface area contributed by atoms with E-state index in [4.69, 9.17) is 18.9 Å². The van der Waals surface area contributed by atoms with Crippen LogP contribution in [0.3, 0.4) is 0 Å². The van der Waals surface area contributed by atoms with Gasteiger partial charge in [-0.15, -0.1) is 0 Å². The van der Waals surface area contributed by atoms with Gasteiger partial charge in [0, 0.05) is 31.1 Å². The van der Waals surface area contributed by atoms with Gasteiger partial charge in [-0.05, 0) is 75.1 Å². The van der Waals surface area contributed by atoms with Crippen molar-refractivity contribution in [2.75, 3.05) is 33.4 Å². The minimum Gasteiger partial charge on any atom is -0.493 e. The van der Waals surface area contributed by atoms with Gasteiger partial charge in [0.2, 0.25) is 5.91 Å². The number of amides is 2. The summed E-state index contributed by atoms with van der Waals surface area (Å²) in [6.45, 7) is 5.51. The van der Waals surface area contributed by atoms with Gasteiger partial charge in [-0.3, -0.25) is 9.59 Å². The molecule has 9 nitrogen and oxygen atoms in total. The van der Waals surface area contributed by atoms with Gasteiger partial charge in [-0.1, -0.05) is 6.07 Å². The third-order valence-corrected chi connectivity index (χ3v) is 5.88. The second-order valence-corrected chi connectivity index (χ2v) is 8.36. The number of hydrogen-bond donors (Lipinski definition) is 1. The van der Waals surface area contributed by atoms with Crippen LogP contribution in [0.25, 0.3) is 0 Å². The first kappa shape index (κ1) is 26.8. The molecule has 2 aromatic carbocycles. The van der Waals surface area contributed by atoms with Gasteiger partial charge in [0.25, 0.3) is 5.91 Å². The molecule has 1 N–H and O–H groups in total. The van der Waals surface area contributed by atoms with Crippen LogP contribution in [-0.4, -0.2) is 62.3 Å². The fraction of sp³-hybridized carbons (Fsp3) is 0.444. The molecule has 0 aromatic heterocycles. The van der Waals surface area contributed by atoms with Crippen molar-refractivity contribution in [3.8, 4) is 17.2 Å². The lowest BCUT2D eigenvalue weighted by Crippen LogP contribution is -2.46. The van der Waals surface area contributed by atoms with Gasteiger partial charge in [0.1, 0.15) is 5.75 Å². The minimum absolute atomic E-state index is 0.00943. The molecule has 1 saturated heterocycles.